The molecule has 0 aromatic heterocycles. The van der Waals surface area contributed by atoms with Crippen molar-refractivity contribution >= 4 is 12.1 Å². The maximum absolute atomic E-state index is 11.8. The monoisotopic (exact) mass is 317 g/mol. The molecule has 0 saturated heterocycles. The van der Waals surface area contributed by atoms with Crippen molar-refractivity contribution in [3.63, 3.8) is 0 Å². The normalized spacial score (nSPS) is 24.5. The third-order valence-electron chi connectivity index (χ3n) is 3.08. The van der Waals surface area contributed by atoms with Gasteiger partial charge in [-0.25, -0.2) is 9.59 Å². The lowest BCUT2D eigenvalue weighted by molar-refractivity contribution is -0.145. The summed E-state index contributed by atoms with van der Waals surface area (Å²) in [6, 6.07) is 0. The number of carboxylic acids is 1. The second-order valence-corrected chi connectivity index (χ2v) is 6.56. The van der Waals surface area contributed by atoms with Crippen molar-refractivity contribution in [3.05, 3.63) is 0 Å². The van der Waals surface area contributed by atoms with Crippen molar-refractivity contribution in [1.29, 1.82) is 0 Å². The molecule has 0 heterocycles. The molecule has 1 aliphatic rings. The van der Waals surface area contributed by atoms with Gasteiger partial charge >= 0.3 is 12.1 Å². The zero-order valence-corrected chi connectivity index (χ0v) is 14.9. The molecule has 2 N–H and O–H groups in total. The number of ether oxygens (including phenoxy) is 2. The van der Waals surface area contributed by atoms with Gasteiger partial charge in [-0.05, 0) is 47.5 Å². The summed E-state index contributed by atoms with van der Waals surface area (Å²) in [6.07, 6.45) is 0.399. The average Bonchev–Trinajstić information content (AvgIpc) is 2.72. The van der Waals surface area contributed by atoms with Gasteiger partial charge < -0.3 is 19.9 Å². The summed E-state index contributed by atoms with van der Waals surface area (Å²) in [4.78, 5) is 23.3. The first kappa shape index (κ1) is 20.7. The van der Waals surface area contributed by atoms with Gasteiger partial charge in [0.25, 0.3) is 0 Å². The fourth-order valence-electron chi connectivity index (χ4n) is 2.36. The molecule has 1 fully saturated rings. The molecule has 2 unspecified atom stereocenters. The number of carbonyl (C=O) groups is 2. The third kappa shape index (κ3) is 6.64. The fourth-order valence-corrected chi connectivity index (χ4v) is 2.36. The van der Waals surface area contributed by atoms with Crippen LogP contribution in [0.2, 0.25) is 0 Å². The molecule has 6 heteroatoms. The summed E-state index contributed by atoms with van der Waals surface area (Å²) >= 11 is 0. The summed E-state index contributed by atoms with van der Waals surface area (Å²) in [7, 11) is 0. The van der Waals surface area contributed by atoms with Crippen LogP contribution in [0.3, 0.4) is 0 Å². The van der Waals surface area contributed by atoms with E-state index in [2.05, 4.69) is 5.32 Å². The van der Waals surface area contributed by atoms with Crippen molar-refractivity contribution in [2.75, 3.05) is 0 Å². The molecule has 6 nitrogen and oxygen atoms in total. The van der Waals surface area contributed by atoms with E-state index < -0.39 is 23.2 Å². The van der Waals surface area contributed by atoms with Crippen LogP contribution in [0.25, 0.3) is 0 Å². The van der Waals surface area contributed by atoms with Gasteiger partial charge in [-0.15, -0.1) is 0 Å². The lowest BCUT2D eigenvalue weighted by atomic mass is 9.98. The number of rotatable bonds is 4. The van der Waals surface area contributed by atoms with Crippen LogP contribution in [-0.2, 0) is 14.3 Å². The standard InChI is InChI=1S/C14H25NO5.C2H6/c1-9(2)19-10-6-7-14(8-10,11(16)17)15-12(18)20-13(3,4)5;1-2/h9-10H,6-8H2,1-5H3,(H,15,18)(H,16,17);1-2H3. The topological polar surface area (TPSA) is 84.9 Å². The molecule has 0 aromatic rings. The molecule has 0 spiro atoms. The molecule has 22 heavy (non-hydrogen) atoms. The van der Waals surface area contributed by atoms with Gasteiger partial charge in [0.1, 0.15) is 11.1 Å². The van der Waals surface area contributed by atoms with Crippen molar-refractivity contribution in [2.45, 2.75) is 91.1 Å². The lowest BCUT2D eigenvalue weighted by Crippen LogP contribution is -2.54. The zero-order valence-electron chi connectivity index (χ0n) is 14.9. The molecule has 0 aliphatic heterocycles. The van der Waals surface area contributed by atoms with Gasteiger partial charge in [0.05, 0.1) is 12.2 Å². The van der Waals surface area contributed by atoms with Crippen LogP contribution in [0.5, 0.6) is 0 Å². The predicted octanol–water partition coefficient (Wildman–Crippen LogP) is 3.34. The number of hydrogen-bond acceptors (Lipinski definition) is 4. The first-order valence-electron chi connectivity index (χ1n) is 7.94. The number of aliphatic carboxylic acids is 1. The highest BCUT2D eigenvalue weighted by atomic mass is 16.6. The van der Waals surface area contributed by atoms with Gasteiger partial charge in [0.2, 0.25) is 0 Å². The molecule has 1 amide bonds. The summed E-state index contributed by atoms with van der Waals surface area (Å²) in [5.74, 6) is -1.04. The zero-order chi connectivity index (χ0) is 17.6. The first-order chi connectivity index (χ1) is 10.0. The van der Waals surface area contributed by atoms with E-state index in [9.17, 15) is 14.7 Å². The molecule has 1 aliphatic carbocycles. The van der Waals surface area contributed by atoms with Crippen LogP contribution in [0, 0.1) is 0 Å². The maximum Gasteiger partial charge on any atom is 0.408 e. The number of hydrogen-bond donors (Lipinski definition) is 2. The number of carboxylic acid groups (broad SMARTS) is 1. The smallest absolute Gasteiger partial charge is 0.408 e. The minimum Gasteiger partial charge on any atom is -0.480 e. The van der Waals surface area contributed by atoms with Gasteiger partial charge in [-0.1, -0.05) is 13.8 Å². The Bertz CT molecular complexity index is 375. The highest BCUT2D eigenvalue weighted by Crippen LogP contribution is 2.33. The van der Waals surface area contributed by atoms with Crippen molar-refractivity contribution in [2.24, 2.45) is 0 Å². The Morgan fingerprint density at radius 1 is 1.27 bits per heavy atom. The van der Waals surface area contributed by atoms with E-state index in [0.717, 1.165) is 0 Å². The summed E-state index contributed by atoms with van der Waals surface area (Å²) in [5.41, 5.74) is -1.95. The van der Waals surface area contributed by atoms with E-state index in [0.29, 0.717) is 12.8 Å². The molecular formula is C16H31NO5. The first-order valence-corrected chi connectivity index (χ1v) is 7.94. The van der Waals surface area contributed by atoms with E-state index in [-0.39, 0.29) is 18.6 Å². The quantitative estimate of drug-likeness (QED) is 0.830. The van der Waals surface area contributed by atoms with Crippen molar-refractivity contribution < 1.29 is 24.2 Å². The number of nitrogens with one attached hydrogen (secondary N) is 1. The van der Waals surface area contributed by atoms with Gasteiger partial charge in [-0.3, -0.25) is 0 Å². The maximum atomic E-state index is 11.8. The van der Waals surface area contributed by atoms with Gasteiger partial charge in [0.15, 0.2) is 0 Å². The van der Waals surface area contributed by atoms with Crippen molar-refractivity contribution in [3.8, 4) is 0 Å². The molecular weight excluding hydrogens is 286 g/mol. The Morgan fingerprint density at radius 2 is 1.82 bits per heavy atom. The average molecular weight is 317 g/mol. The molecule has 0 bridgehead atoms. The number of carbonyl (C=O) groups excluding carboxylic acids is 1. The van der Waals surface area contributed by atoms with Crippen LogP contribution in [0.1, 0.15) is 67.7 Å². The Labute approximate surface area is 133 Å². The molecule has 1 rings (SSSR count). The minimum absolute atomic E-state index is 0.0334. The number of amides is 1. The van der Waals surface area contributed by atoms with E-state index >= 15 is 0 Å². The number of alkyl carbamates (subject to hydrolysis) is 1. The summed E-state index contributed by atoms with van der Waals surface area (Å²) in [5, 5.41) is 11.9. The van der Waals surface area contributed by atoms with Crippen LogP contribution in [0.15, 0.2) is 0 Å². The van der Waals surface area contributed by atoms with Gasteiger partial charge in [0, 0.05) is 6.42 Å². The Balaban J connectivity index is 0.00000211. The molecule has 130 valence electrons. The highest BCUT2D eigenvalue weighted by Gasteiger charge is 2.48. The lowest BCUT2D eigenvalue weighted by Gasteiger charge is -2.28. The Hall–Kier alpha value is -1.30. The summed E-state index contributed by atoms with van der Waals surface area (Å²) < 4.78 is 10.8. The second kappa shape index (κ2) is 8.36. The molecule has 1 saturated carbocycles. The predicted molar refractivity (Wildman–Crippen MR) is 84.9 cm³/mol. The summed E-state index contributed by atoms with van der Waals surface area (Å²) in [6.45, 7) is 13.0. The largest absolute Gasteiger partial charge is 0.480 e. The third-order valence-corrected chi connectivity index (χ3v) is 3.08. The fraction of sp³-hybridized carbons (Fsp3) is 0.875. The molecule has 0 radical (unpaired) electrons. The molecule has 2 atom stereocenters. The van der Waals surface area contributed by atoms with E-state index in [4.69, 9.17) is 9.47 Å². The van der Waals surface area contributed by atoms with Crippen LogP contribution in [0.4, 0.5) is 4.79 Å². The van der Waals surface area contributed by atoms with Crippen molar-refractivity contribution in [1.82, 2.24) is 5.32 Å². The van der Waals surface area contributed by atoms with Crippen LogP contribution < -0.4 is 5.32 Å². The molecule has 0 aromatic carbocycles. The van der Waals surface area contributed by atoms with Crippen LogP contribution in [-0.4, -0.2) is 40.5 Å². The highest BCUT2D eigenvalue weighted by molar-refractivity contribution is 5.85. The van der Waals surface area contributed by atoms with E-state index in [1.807, 2.05) is 27.7 Å². The van der Waals surface area contributed by atoms with E-state index in [1.54, 1.807) is 20.8 Å². The SMILES string of the molecule is CC.CC(C)OC1CCC(NC(=O)OC(C)(C)C)(C(=O)O)C1. The second-order valence-electron chi connectivity index (χ2n) is 6.56. The van der Waals surface area contributed by atoms with Crippen LogP contribution >= 0.6 is 0 Å². The Morgan fingerprint density at radius 3 is 2.23 bits per heavy atom. The van der Waals surface area contributed by atoms with E-state index in [1.165, 1.54) is 0 Å². The Kier molecular flexibility index (Phi) is 7.87. The van der Waals surface area contributed by atoms with Gasteiger partial charge in [-0.2, -0.15) is 0 Å². The minimum atomic E-state index is -1.29.